The zero-order valence-corrected chi connectivity index (χ0v) is 11.0. The van der Waals surface area contributed by atoms with Gasteiger partial charge >= 0.3 is 0 Å². The van der Waals surface area contributed by atoms with Crippen LogP contribution in [0.1, 0.15) is 26.7 Å². The molecule has 0 heterocycles. The number of hydrogen-bond acceptors (Lipinski definition) is 3. The Morgan fingerprint density at radius 1 is 1.36 bits per heavy atom. The van der Waals surface area contributed by atoms with Gasteiger partial charge in [-0.3, -0.25) is 0 Å². The fraction of sp³-hybridized carbons (Fsp3) is 1.00. The molecule has 0 aromatic heterocycles. The molecule has 0 fully saturated rings. The topological polar surface area (TPSA) is 66.4 Å². The Kier molecular flexibility index (Phi) is 6.20. The molecule has 0 aliphatic carbocycles. The average Bonchev–Trinajstić information content (AvgIpc) is 2.21. The summed E-state index contributed by atoms with van der Waals surface area (Å²) in [7, 11) is -3.23. The van der Waals surface area contributed by atoms with Crippen LogP contribution in [0.4, 0.5) is 0 Å². The third kappa shape index (κ3) is 4.25. The van der Waals surface area contributed by atoms with Gasteiger partial charge in [-0.15, -0.1) is 0 Å². The molecule has 0 amide bonds. The minimum Gasteiger partial charge on any atom is -0.396 e. The summed E-state index contributed by atoms with van der Waals surface area (Å²) in [6, 6.07) is 0. The minimum absolute atomic E-state index is 0.00477. The molecule has 0 unspecified atom stereocenters. The van der Waals surface area contributed by atoms with Gasteiger partial charge < -0.3 is 5.11 Å². The van der Waals surface area contributed by atoms with Crippen molar-refractivity contribution in [2.45, 2.75) is 26.7 Å². The highest BCUT2D eigenvalue weighted by Crippen LogP contribution is 2.24. The maximum atomic E-state index is 11.2. The Morgan fingerprint density at radius 2 is 1.86 bits per heavy atom. The first-order chi connectivity index (χ1) is 6.45. The molecule has 86 valence electrons. The lowest BCUT2D eigenvalue weighted by Gasteiger charge is -2.29. The van der Waals surface area contributed by atoms with Crippen LogP contribution < -0.4 is 4.72 Å². The van der Waals surface area contributed by atoms with Gasteiger partial charge in [0.25, 0.3) is 0 Å². The summed E-state index contributed by atoms with van der Waals surface area (Å²) in [5, 5.41) is 9.20. The molecule has 0 bridgehead atoms. The fourth-order valence-electron chi connectivity index (χ4n) is 1.08. The van der Waals surface area contributed by atoms with Crippen molar-refractivity contribution >= 4 is 26.0 Å². The largest absolute Gasteiger partial charge is 0.396 e. The van der Waals surface area contributed by atoms with Crippen molar-refractivity contribution in [3.63, 3.8) is 0 Å². The van der Waals surface area contributed by atoms with Crippen molar-refractivity contribution in [3.8, 4) is 0 Å². The van der Waals surface area contributed by atoms with Crippen molar-refractivity contribution in [1.82, 2.24) is 4.72 Å². The molecule has 0 rings (SSSR count). The first-order valence-corrected chi connectivity index (χ1v) is 7.37. The molecule has 0 saturated heterocycles. The van der Waals surface area contributed by atoms with Gasteiger partial charge in [0.1, 0.15) is 4.66 Å². The van der Waals surface area contributed by atoms with Gasteiger partial charge in [0.15, 0.2) is 0 Å². The van der Waals surface area contributed by atoms with E-state index in [0.29, 0.717) is 6.54 Å². The van der Waals surface area contributed by atoms with Crippen molar-refractivity contribution in [3.05, 3.63) is 0 Å². The molecule has 0 aromatic rings. The molecule has 0 saturated carbocycles. The molecule has 14 heavy (non-hydrogen) atoms. The Morgan fingerprint density at radius 3 is 2.14 bits per heavy atom. The highest BCUT2D eigenvalue weighted by molar-refractivity contribution is 9.10. The third-order valence-corrected chi connectivity index (χ3v) is 5.33. The second kappa shape index (κ2) is 6.05. The molecule has 0 spiro atoms. The first-order valence-electron chi connectivity index (χ1n) is 4.59. The van der Waals surface area contributed by atoms with E-state index in [4.69, 9.17) is 0 Å². The van der Waals surface area contributed by atoms with Crippen LogP contribution in [0.3, 0.4) is 0 Å². The number of aliphatic hydroxyl groups excluding tert-OH is 1. The molecule has 0 radical (unpaired) electrons. The minimum atomic E-state index is -3.23. The van der Waals surface area contributed by atoms with E-state index in [1.165, 1.54) is 0 Å². The lowest BCUT2D eigenvalue weighted by molar-refractivity contribution is 0.119. The van der Waals surface area contributed by atoms with E-state index in [-0.39, 0.29) is 16.7 Å². The first kappa shape index (κ1) is 14.3. The van der Waals surface area contributed by atoms with E-state index in [9.17, 15) is 13.5 Å². The zero-order valence-electron chi connectivity index (χ0n) is 8.59. The van der Waals surface area contributed by atoms with Crippen LogP contribution in [0.2, 0.25) is 0 Å². The summed E-state index contributed by atoms with van der Waals surface area (Å²) in [6.45, 7) is 4.19. The number of sulfonamides is 1. The van der Waals surface area contributed by atoms with E-state index < -0.39 is 10.0 Å². The predicted octanol–water partition coefficient (Wildman–Crippen LogP) is 1.06. The van der Waals surface area contributed by atoms with Crippen LogP contribution in [-0.4, -0.2) is 31.3 Å². The van der Waals surface area contributed by atoms with E-state index in [1.807, 2.05) is 13.8 Å². The Labute approximate surface area is 94.3 Å². The second-order valence-electron chi connectivity index (χ2n) is 3.41. The van der Waals surface area contributed by atoms with E-state index in [1.54, 1.807) is 0 Å². The van der Waals surface area contributed by atoms with Crippen LogP contribution in [0.15, 0.2) is 0 Å². The van der Waals surface area contributed by atoms with E-state index >= 15 is 0 Å². The number of halogens is 1. The molecule has 4 nitrogen and oxygen atoms in total. The van der Waals surface area contributed by atoms with Crippen LogP contribution >= 0.6 is 15.9 Å². The maximum Gasteiger partial charge on any atom is 0.221 e. The van der Waals surface area contributed by atoms with Gasteiger partial charge in [-0.1, -0.05) is 29.8 Å². The maximum absolute atomic E-state index is 11.2. The lowest BCUT2D eigenvalue weighted by Crippen LogP contribution is -2.39. The van der Waals surface area contributed by atoms with E-state index in [2.05, 4.69) is 20.7 Å². The fourth-order valence-corrected chi connectivity index (χ4v) is 2.17. The van der Waals surface area contributed by atoms with Gasteiger partial charge in [0.05, 0.1) is 0 Å². The molecule has 0 aliphatic rings. The third-order valence-electron chi connectivity index (χ3n) is 2.65. The van der Waals surface area contributed by atoms with Gasteiger partial charge in [0, 0.05) is 18.6 Å². The number of nitrogens with one attached hydrogen (secondary N) is 1. The monoisotopic (exact) mass is 287 g/mol. The molecular weight excluding hydrogens is 270 g/mol. The van der Waals surface area contributed by atoms with Crippen molar-refractivity contribution < 1.29 is 13.5 Å². The van der Waals surface area contributed by atoms with Crippen LogP contribution in [0, 0.1) is 5.41 Å². The standard InChI is InChI=1S/C8H18BrNO3S/c1-3-8(4-2,6-11)5-10-14(12,13)7-9/h10-11H,3-7H2,1-2H3. The summed E-state index contributed by atoms with van der Waals surface area (Å²) in [5.74, 6) is 0. The number of alkyl halides is 1. The Bertz CT molecular complexity index is 241. The SMILES string of the molecule is CCC(CC)(CO)CNS(=O)(=O)CBr. The van der Waals surface area contributed by atoms with Crippen molar-refractivity contribution in [2.75, 3.05) is 17.8 Å². The summed E-state index contributed by atoms with van der Waals surface area (Å²) in [6.07, 6.45) is 1.51. The van der Waals surface area contributed by atoms with Crippen LogP contribution in [-0.2, 0) is 10.0 Å². The second-order valence-corrected chi connectivity index (χ2v) is 6.52. The lowest BCUT2D eigenvalue weighted by atomic mass is 9.84. The quantitative estimate of drug-likeness (QED) is 0.688. The van der Waals surface area contributed by atoms with E-state index in [0.717, 1.165) is 12.8 Å². The van der Waals surface area contributed by atoms with Crippen LogP contribution in [0.25, 0.3) is 0 Å². The number of hydrogen-bond donors (Lipinski definition) is 2. The zero-order chi connectivity index (χ0) is 11.2. The Balaban J connectivity index is 4.34. The molecular formula is C8H18BrNO3S. The highest BCUT2D eigenvalue weighted by atomic mass is 79.9. The summed E-state index contributed by atoms with van der Waals surface area (Å²) < 4.78 is 24.7. The molecule has 6 heteroatoms. The van der Waals surface area contributed by atoms with Gasteiger partial charge in [-0.2, -0.15) is 0 Å². The number of rotatable bonds is 7. The predicted molar refractivity (Wildman–Crippen MR) is 60.8 cm³/mol. The molecule has 0 aliphatic heterocycles. The van der Waals surface area contributed by atoms with Gasteiger partial charge in [-0.25, -0.2) is 13.1 Å². The summed E-state index contributed by atoms with van der Waals surface area (Å²) in [5.41, 5.74) is -0.324. The molecule has 0 aromatic carbocycles. The van der Waals surface area contributed by atoms with Crippen molar-refractivity contribution in [2.24, 2.45) is 5.41 Å². The average molecular weight is 288 g/mol. The van der Waals surface area contributed by atoms with Gasteiger partial charge in [0.2, 0.25) is 10.0 Å². The molecule has 0 atom stereocenters. The summed E-state index contributed by atoms with van der Waals surface area (Å²) >= 11 is 2.89. The number of aliphatic hydroxyl groups is 1. The van der Waals surface area contributed by atoms with Crippen molar-refractivity contribution in [1.29, 1.82) is 0 Å². The molecule has 2 N–H and O–H groups in total. The van der Waals surface area contributed by atoms with Gasteiger partial charge in [-0.05, 0) is 12.8 Å². The summed E-state index contributed by atoms with van der Waals surface area (Å²) in [4.78, 5) is 0. The Hall–Kier alpha value is 0.350. The van der Waals surface area contributed by atoms with Crippen LogP contribution in [0.5, 0.6) is 0 Å². The normalized spacial score (nSPS) is 13.1. The smallest absolute Gasteiger partial charge is 0.221 e. The highest BCUT2D eigenvalue weighted by Gasteiger charge is 2.26.